The highest BCUT2D eigenvalue weighted by Crippen LogP contribution is 2.47. The third-order valence-electron chi connectivity index (χ3n) is 9.91. The number of carbonyl (C=O) groups excluding carboxylic acids is 1. The van der Waals surface area contributed by atoms with E-state index < -0.39 is 15.8 Å². The Balaban J connectivity index is 1.31. The molecule has 0 radical (unpaired) electrons. The molecule has 9 rings (SSSR count). The number of fused-ring (bicyclic) bond motifs is 5. The molecule has 2 atom stereocenters. The van der Waals surface area contributed by atoms with Gasteiger partial charge in [0.15, 0.2) is 11.5 Å². The van der Waals surface area contributed by atoms with E-state index in [4.69, 9.17) is 14.7 Å². The van der Waals surface area contributed by atoms with Crippen LogP contribution in [0.1, 0.15) is 50.1 Å². The minimum atomic E-state index is -4.08. The summed E-state index contributed by atoms with van der Waals surface area (Å²) < 4.78 is 50.9. The molecule has 4 saturated carbocycles. The Morgan fingerprint density at radius 1 is 0.978 bits per heavy atom. The summed E-state index contributed by atoms with van der Waals surface area (Å²) in [6.07, 6.45) is 10.6. The molecule has 4 aliphatic rings. The van der Waals surface area contributed by atoms with E-state index >= 15 is 0 Å². The second kappa shape index (κ2) is 10.4. The van der Waals surface area contributed by atoms with Gasteiger partial charge in [-0.25, -0.2) is 31.7 Å². The zero-order chi connectivity index (χ0) is 31.0. The molecule has 12 heteroatoms. The smallest absolute Gasteiger partial charge is 0.311 e. The van der Waals surface area contributed by atoms with E-state index in [0.717, 1.165) is 59.6 Å². The average molecular weight is 629 g/mol. The summed E-state index contributed by atoms with van der Waals surface area (Å²) in [6, 6.07) is 9.95. The number of benzene rings is 1. The van der Waals surface area contributed by atoms with Crippen molar-refractivity contribution < 1.29 is 22.3 Å². The Labute approximate surface area is 259 Å². The van der Waals surface area contributed by atoms with Crippen molar-refractivity contribution in [1.29, 1.82) is 0 Å². The topological polar surface area (TPSA) is 121 Å². The average Bonchev–Trinajstić information content (AvgIpc) is 3.68. The molecule has 2 bridgehead atoms. The summed E-state index contributed by atoms with van der Waals surface area (Å²) in [5, 5.41) is 4.75. The van der Waals surface area contributed by atoms with Crippen molar-refractivity contribution in [2.75, 3.05) is 12.4 Å². The lowest BCUT2D eigenvalue weighted by Crippen LogP contribution is -2.51. The van der Waals surface area contributed by atoms with Crippen LogP contribution in [-0.4, -0.2) is 51.0 Å². The molecule has 4 aromatic heterocycles. The van der Waals surface area contributed by atoms with Crippen molar-refractivity contribution >= 4 is 43.9 Å². The largest absolute Gasteiger partial charge is 0.469 e. The van der Waals surface area contributed by atoms with E-state index in [2.05, 4.69) is 14.9 Å². The molecule has 4 heterocycles. The number of nitrogens with zero attached hydrogens (tertiary/aromatic N) is 5. The normalized spacial score (nSPS) is 23.1. The lowest BCUT2D eigenvalue weighted by molar-refractivity contribution is -0.152. The second-order valence-corrected chi connectivity index (χ2v) is 14.5. The van der Waals surface area contributed by atoms with Crippen LogP contribution in [0.2, 0.25) is 0 Å². The lowest BCUT2D eigenvalue weighted by atomic mass is 9.61. The molecule has 0 aliphatic heterocycles. The van der Waals surface area contributed by atoms with E-state index in [1.165, 1.54) is 19.4 Å². The van der Waals surface area contributed by atoms with Gasteiger partial charge in [0.2, 0.25) is 0 Å². The van der Waals surface area contributed by atoms with Crippen LogP contribution < -0.4 is 5.32 Å². The van der Waals surface area contributed by atoms with Gasteiger partial charge in [-0.15, -0.1) is 0 Å². The van der Waals surface area contributed by atoms with Crippen LogP contribution in [-0.2, 0) is 19.6 Å². The van der Waals surface area contributed by atoms with Crippen molar-refractivity contribution in [3.8, 4) is 11.4 Å². The molecule has 0 amide bonds. The van der Waals surface area contributed by atoms with E-state index in [0.29, 0.717) is 23.1 Å². The molecule has 2 unspecified atom stereocenters. The van der Waals surface area contributed by atoms with Gasteiger partial charge in [0.1, 0.15) is 17.3 Å². The molecule has 0 saturated heterocycles. The van der Waals surface area contributed by atoms with Gasteiger partial charge in [-0.05, 0) is 81.5 Å². The molecule has 1 N–H and O–H groups in total. The minimum absolute atomic E-state index is 0.0816. The van der Waals surface area contributed by atoms with Crippen LogP contribution in [0.4, 0.5) is 10.2 Å². The van der Waals surface area contributed by atoms with E-state index in [1.54, 1.807) is 24.3 Å². The second-order valence-electron chi connectivity index (χ2n) is 12.7. The first kappa shape index (κ1) is 28.2. The molecular weight excluding hydrogens is 595 g/mol. The molecular formula is C33H33FN6O4S. The summed E-state index contributed by atoms with van der Waals surface area (Å²) in [7, 11) is -2.64. The van der Waals surface area contributed by atoms with Gasteiger partial charge in [0, 0.05) is 35.4 Å². The summed E-state index contributed by atoms with van der Waals surface area (Å²) in [5.41, 5.74) is 2.05. The van der Waals surface area contributed by atoms with Gasteiger partial charge in [0.25, 0.3) is 10.0 Å². The van der Waals surface area contributed by atoms with Crippen molar-refractivity contribution in [3.05, 3.63) is 66.4 Å². The number of pyridine rings is 1. The van der Waals surface area contributed by atoms with Crippen LogP contribution in [0.25, 0.3) is 33.5 Å². The monoisotopic (exact) mass is 628 g/mol. The van der Waals surface area contributed by atoms with Crippen LogP contribution >= 0.6 is 0 Å². The van der Waals surface area contributed by atoms with Gasteiger partial charge in [-0.3, -0.25) is 4.79 Å². The molecule has 4 aliphatic carbocycles. The maximum Gasteiger partial charge on any atom is 0.311 e. The van der Waals surface area contributed by atoms with Gasteiger partial charge < -0.3 is 14.6 Å². The van der Waals surface area contributed by atoms with E-state index in [9.17, 15) is 17.6 Å². The third-order valence-corrected chi connectivity index (χ3v) is 11.6. The number of hydrogen-bond acceptors (Lipinski definition) is 8. The standard InChI is InChI=1S/C33H33FN6O4S/c1-18-3-11-23(12-4-18)45(42,43)40-17-26(25-15-21(34)16-35-31(25)40)30-37-29(24-13-14-39(22-9-10-22)32(24)38-30)36-28-20-7-5-19(6-8-20)27(28)33(41)44-2/h3-4,11-17,19-20,22,27-28H,5-10H2,1-2H3,(H,36,37,38). The fraction of sp³-hybridized carbons (Fsp3) is 0.394. The van der Waals surface area contributed by atoms with Crippen LogP contribution in [0.3, 0.4) is 0 Å². The fourth-order valence-electron chi connectivity index (χ4n) is 7.44. The number of methoxy groups -OCH3 is 1. The SMILES string of the molecule is COC(=O)C1C2CCC(CC2)C1Nc1nc(-c2cn(S(=O)(=O)c3ccc(C)cc3)c3ncc(F)cc23)nc2c1ccn2C1CC1. The molecule has 10 nitrogen and oxygen atoms in total. The first-order valence-corrected chi connectivity index (χ1v) is 16.9. The molecule has 1 aromatic carbocycles. The van der Waals surface area contributed by atoms with Crippen LogP contribution in [0.5, 0.6) is 0 Å². The van der Waals surface area contributed by atoms with Gasteiger partial charge in [0.05, 0.1) is 29.5 Å². The summed E-state index contributed by atoms with van der Waals surface area (Å²) in [6.45, 7) is 1.88. The number of anilines is 1. The van der Waals surface area contributed by atoms with Crippen molar-refractivity contribution in [3.63, 3.8) is 0 Å². The fourth-order valence-corrected chi connectivity index (χ4v) is 8.76. The molecule has 232 valence electrons. The molecule has 0 spiro atoms. The maximum absolute atomic E-state index is 14.7. The number of esters is 1. The predicted octanol–water partition coefficient (Wildman–Crippen LogP) is 5.86. The highest BCUT2D eigenvalue weighted by atomic mass is 32.2. The molecule has 4 fully saturated rings. The van der Waals surface area contributed by atoms with Crippen molar-refractivity contribution in [2.24, 2.45) is 17.8 Å². The number of carbonyl (C=O) groups is 1. The highest BCUT2D eigenvalue weighted by Gasteiger charge is 2.48. The number of ether oxygens (including phenoxy) is 1. The van der Waals surface area contributed by atoms with E-state index in [-0.39, 0.29) is 51.5 Å². The first-order valence-electron chi connectivity index (χ1n) is 15.4. The molecule has 45 heavy (non-hydrogen) atoms. The number of aromatic nitrogens is 5. The number of rotatable bonds is 7. The van der Waals surface area contributed by atoms with E-state index in [1.807, 2.05) is 19.2 Å². The maximum atomic E-state index is 14.7. The number of nitrogens with one attached hydrogen (secondary N) is 1. The highest BCUT2D eigenvalue weighted by molar-refractivity contribution is 7.90. The number of aryl methyl sites for hydroxylation is 1. The first-order chi connectivity index (χ1) is 21.7. The summed E-state index contributed by atoms with van der Waals surface area (Å²) >= 11 is 0. The zero-order valence-electron chi connectivity index (χ0n) is 25.0. The lowest BCUT2D eigenvalue weighted by Gasteiger charge is -2.47. The third kappa shape index (κ3) is 4.60. The Kier molecular flexibility index (Phi) is 6.49. The summed E-state index contributed by atoms with van der Waals surface area (Å²) in [4.78, 5) is 27.2. The predicted molar refractivity (Wildman–Crippen MR) is 167 cm³/mol. The van der Waals surface area contributed by atoms with Crippen LogP contribution in [0.15, 0.2) is 59.9 Å². The quantitative estimate of drug-likeness (QED) is 0.223. The molecule has 5 aromatic rings. The number of hydrogen-bond donors (Lipinski definition) is 1. The summed E-state index contributed by atoms with van der Waals surface area (Å²) in [5.74, 6) is 0.234. The van der Waals surface area contributed by atoms with Crippen molar-refractivity contribution in [2.45, 2.75) is 62.4 Å². The van der Waals surface area contributed by atoms with Gasteiger partial charge in [-0.1, -0.05) is 17.7 Å². The Morgan fingerprint density at radius 3 is 2.42 bits per heavy atom. The zero-order valence-corrected chi connectivity index (χ0v) is 25.8. The Hall–Kier alpha value is -4.32. The Morgan fingerprint density at radius 2 is 1.71 bits per heavy atom. The van der Waals surface area contributed by atoms with Gasteiger partial charge >= 0.3 is 5.97 Å². The minimum Gasteiger partial charge on any atom is -0.469 e. The Bertz CT molecular complexity index is 2080. The van der Waals surface area contributed by atoms with Crippen LogP contribution in [0, 0.1) is 30.5 Å². The number of halogens is 1. The van der Waals surface area contributed by atoms with Gasteiger partial charge in [-0.2, -0.15) is 0 Å². The van der Waals surface area contributed by atoms with Crippen molar-refractivity contribution in [1.82, 2.24) is 23.5 Å².